The van der Waals surface area contributed by atoms with Gasteiger partial charge in [0.1, 0.15) is 5.75 Å². The van der Waals surface area contributed by atoms with Gasteiger partial charge in [-0.25, -0.2) is 0 Å². The Labute approximate surface area is 91.9 Å². The summed E-state index contributed by atoms with van der Waals surface area (Å²) >= 11 is 0. The maximum atomic E-state index is 9.44. The topological polar surface area (TPSA) is 130 Å². The van der Waals surface area contributed by atoms with E-state index in [1.807, 2.05) is 6.92 Å². The van der Waals surface area contributed by atoms with E-state index in [4.69, 9.17) is 26.2 Å². The van der Waals surface area contributed by atoms with Gasteiger partial charge in [-0.15, -0.1) is 10.1 Å². The summed E-state index contributed by atoms with van der Waals surface area (Å²) in [6.07, 6.45) is 0.0835. The lowest BCUT2D eigenvalue weighted by atomic mass is 10.1. The number of aromatic hydroxyl groups is 1. The van der Waals surface area contributed by atoms with Crippen molar-refractivity contribution < 1.29 is 20.5 Å². The number of benzene rings is 1. The molecule has 0 heterocycles. The Morgan fingerprint density at radius 1 is 1.56 bits per heavy atom. The number of rotatable bonds is 2. The summed E-state index contributed by atoms with van der Waals surface area (Å²) in [5.41, 5.74) is 6.69. The van der Waals surface area contributed by atoms with Crippen LogP contribution in [-0.4, -0.2) is 20.5 Å². The summed E-state index contributed by atoms with van der Waals surface area (Å²) < 4.78 is 0. The lowest BCUT2D eigenvalue weighted by molar-refractivity contribution is -0.742. The highest BCUT2D eigenvalue weighted by Gasteiger charge is 2.08. The van der Waals surface area contributed by atoms with Crippen LogP contribution in [0.3, 0.4) is 0 Å². The van der Waals surface area contributed by atoms with Crippen LogP contribution < -0.4 is 5.73 Å². The molecule has 90 valence electrons. The van der Waals surface area contributed by atoms with E-state index in [1.165, 1.54) is 12.1 Å². The molecule has 16 heavy (non-hydrogen) atoms. The molecule has 0 amide bonds. The predicted octanol–water partition coefficient (Wildman–Crippen LogP) is 1.07. The van der Waals surface area contributed by atoms with E-state index in [0.29, 0.717) is 17.7 Å². The molecule has 0 spiro atoms. The molecule has 1 aromatic carbocycles. The Kier molecular flexibility index (Phi) is 5.65. The van der Waals surface area contributed by atoms with E-state index in [9.17, 15) is 5.11 Å². The van der Waals surface area contributed by atoms with E-state index in [-0.39, 0.29) is 5.75 Å². The Balaban J connectivity index is 0.000000487. The lowest BCUT2D eigenvalue weighted by Crippen LogP contribution is -2.00. The number of nitrogens with two attached hydrogens (primary N) is 1. The number of aliphatic hydroxyl groups is 1. The fraction of sp³-hybridized carbons (Fsp3) is 0.333. The number of phenolic OH excluding ortho intramolecular Hbond substituents is 1. The van der Waals surface area contributed by atoms with Crippen LogP contribution in [-0.2, 0) is 0 Å². The highest BCUT2D eigenvalue weighted by atomic mass is 16.9. The van der Waals surface area contributed by atoms with E-state index in [2.05, 4.69) is 0 Å². The molecular weight excluding hydrogens is 216 g/mol. The van der Waals surface area contributed by atoms with Crippen molar-refractivity contribution in [1.29, 1.82) is 0 Å². The summed E-state index contributed by atoms with van der Waals surface area (Å²) in [6.45, 7) is 1.87. The van der Waals surface area contributed by atoms with Crippen LogP contribution in [0.25, 0.3) is 0 Å². The molecule has 7 heteroatoms. The number of hydrogen-bond donors (Lipinski definition) is 4. The van der Waals surface area contributed by atoms with Gasteiger partial charge in [0, 0.05) is 17.3 Å². The molecule has 0 aliphatic rings. The summed E-state index contributed by atoms with van der Waals surface area (Å²) in [7, 11) is 0. The van der Waals surface area contributed by atoms with E-state index >= 15 is 0 Å². The van der Waals surface area contributed by atoms with Crippen LogP contribution in [0.4, 0.5) is 5.69 Å². The SMILES string of the molecule is CCC(O)c1ccc(O)cc1N.O=[N+]([O-])O. The molecule has 7 nitrogen and oxygen atoms in total. The number of anilines is 1. The zero-order valence-electron chi connectivity index (χ0n) is 8.70. The average molecular weight is 230 g/mol. The van der Waals surface area contributed by atoms with Crippen LogP contribution in [0.2, 0.25) is 0 Å². The molecule has 5 N–H and O–H groups in total. The minimum absolute atomic E-state index is 0.125. The van der Waals surface area contributed by atoms with Crippen molar-refractivity contribution in [3.63, 3.8) is 0 Å². The van der Waals surface area contributed by atoms with Crippen molar-refractivity contribution >= 4 is 5.69 Å². The first-order chi connectivity index (χ1) is 7.38. The van der Waals surface area contributed by atoms with Crippen molar-refractivity contribution in [3.8, 4) is 5.75 Å². The molecule has 1 aromatic rings. The lowest BCUT2D eigenvalue weighted by Gasteiger charge is -2.10. The molecule has 0 saturated heterocycles. The van der Waals surface area contributed by atoms with E-state index in [1.54, 1.807) is 6.07 Å². The Hall–Kier alpha value is -2.02. The van der Waals surface area contributed by atoms with Gasteiger partial charge in [-0.3, -0.25) is 0 Å². The third-order valence-corrected chi connectivity index (χ3v) is 1.82. The fourth-order valence-electron chi connectivity index (χ4n) is 1.09. The van der Waals surface area contributed by atoms with Crippen LogP contribution in [0.5, 0.6) is 5.75 Å². The molecule has 0 aliphatic carbocycles. The molecular formula is C9H14N2O5. The normalized spacial score (nSPS) is 11.1. The predicted molar refractivity (Wildman–Crippen MR) is 56.6 cm³/mol. The third kappa shape index (κ3) is 5.01. The van der Waals surface area contributed by atoms with Crippen LogP contribution >= 0.6 is 0 Å². The highest BCUT2D eigenvalue weighted by molar-refractivity contribution is 5.51. The minimum Gasteiger partial charge on any atom is -0.508 e. The van der Waals surface area contributed by atoms with Crippen molar-refractivity contribution in [2.45, 2.75) is 19.4 Å². The van der Waals surface area contributed by atoms with Gasteiger partial charge < -0.3 is 21.2 Å². The van der Waals surface area contributed by atoms with Crippen LogP contribution in [0, 0.1) is 10.1 Å². The Morgan fingerprint density at radius 2 is 2.06 bits per heavy atom. The summed E-state index contributed by atoms with van der Waals surface area (Å²) in [4.78, 5) is 8.36. The molecule has 0 aromatic heterocycles. The van der Waals surface area contributed by atoms with Gasteiger partial charge in [-0.05, 0) is 12.5 Å². The largest absolute Gasteiger partial charge is 0.508 e. The Bertz CT molecular complexity index is 352. The van der Waals surface area contributed by atoms with Gasteiger partial charge >= 0.3 is 0 Å². The Morgan fingerprint density at radius 3 is 2.44 bits per heavy atom. The van der Waals surface area contributed by atoms with E-state index in [0.717, 1.165) is 0 Å². The molecule has 0 radical (unpaired) electrons. The second-order valence-corrected chi connectivity index (χ2v) is 2.98. The van der Waals surface area contributed by atoms with Gasteiger partial charge in [0.25, 0.3) is 5.09 Å². The summed E-state index contributed by atoms with van der Waals surface area (Å²) in [5, 5.41) is 32.1. The highest BCUT2D eigenvalue weighted by Crippen LogP contribution is 2.25. The smallest absolute Gasteiger partial charge is 0.291 e. The number of hydrogen-bond acceptors (Lipinski definition) is 5. The van der Waals surface area contributed by atoms with Crippen molar-refractivity contribution in [3.05, 3.63) is 33.9 Å². The minimum atomic E-state index is -1.50. The maximum Gasteiger partial charge on any atom is 0.291 e. The average Bonchev–Trinajstić information content (AvgIpc) is 2.16. The second-order valence-electron chi connectivity index (χ2n) is 2.98. The zero-order valence-corrected chi connectivity index (χ0v) is 8.70. The standard InChI is InChI=1S/C9H13NO2.HNO3/c1-2-9(12)7-4-3-6(11)5-8(7)10;2-1(3)4/h3-5,9,11-12H,2,10H2,1H3;(H,2,3,4). The van der Waals surface area contributed by atoms with E-state index < -0.39 is 11.2 Å². The van der Waals surface area contributed by atoms with Crippen molar-refractivity contribution in [2.75, 3.05) is 5.73 Å². The number of nitrogen functional groups attached to an aromatic ring is 1. The van der Waals surface area contributed by atoms with Gasteiger partial charge in [-0.2, -0.15) is 0 Å². The van der Waals surface area contributed by atoms with Crippen molar-refractivity contribution in [1.82, 2.24) is 0 Å². The molecule has 0 fully saturated rings. The van der Waals surface area contributed by atoms with Gasteiger partial charge in [0.05, 0.1) is 6.10 Å². The molecule has 1 atom stereocenters. The summed E-state index contributed by atoms with van der Waals surface area (Å²) in [6, 6.07) is 4.59. The molecule has 0 bridgehead atoms. The number of aliphatic hydroxyl groups excluding tert-OH is 1. The maximum absolute atomic E-state index is 9.44. The van der Waals surface area contributed by atoms with Gasteiger partial charge in [0.15, 0.2) is 0 Å². The zero-order chi connectivity index (χ0) is 12.7. The van der Waals surface area contributed by atoms with Gasteiger partial charge in [-0.1, -0.05) is 13.0 Å². The van der Waals surface area contributed by atoms with Crippen LogP contribution in [0.1, 0.15) is 25.0 Å². The summed E-state index contributed by atoms with van der Waals surface area (Å²) in [5.74, 6) is 0.125. The quantitative estimate of drug-likeness (QED) is 0.341. The monoisotopic (exact) mass is 230 g/mol. The van der Waals surface area contributed by atoms with Crippen molar-refractivity contribution in [2.24, 2.45) is 0 Å². The fourth-order valence-corrected chi connectivity index (χ4v) is 1.09. The molecule has 1 unspecified atom stereocenters. The third-order valence-electron chi connectivity index (χ3n) is 1.82. The number of nitrogens with zero attached hydrogens (tertiary/aromatic N) is 1. The first-order valence-corrected chi connectivity index (χ1v) is 4.48. The second kappa shape index (κ2) is 6.46. The number of phenols is 1. The molecule has 1 rings (SSSR count). The first kappa shape index (κ1) is 14.0. The first-order valence-electron chi connectivity index (χ1n) is 4.48. The van der Waals surface area contributed by atoms with Gasteiger partial charge in [0.2, 0.25) is 0 Å². The van der Waals surface area contributed by atoms with Crippen LogP contribution in [0.15, 0.2) is 18.2 Å². The molecule has 0 saturated carbocycles. The molecule has 0 aliphatic heterocycles.